The molecule has 22 heavy (non-hydrogen) atoms. The summed E-state index contributed by atoms with van der Waals surface area (Å²) in [5, 5.41) is 0. The molecule has 1 aromatic carbocycles. The molecule has 1 fully saturated rings. The summed E-state index contributed by atoms with van der Waals surface area (Å²) in [5.41, 5.74) is 2.31. The molecule has 0 spiro atoms. The molecule has 1 saturated carbocycles. The number of hydrogen-bond donors (Lipinski definition) is 0. The standard InChI is InChI=1S/C19H30N2O/c1-15-11-9-10-14-17(15)18(20(2)3)19(22)21(4)16-12-7-5-6-8-13-16/h9-11,14,16,18H,5-8,12-13H2,1-4H3. The molecule has 1 amide bonds. The second-order valence-corrected chi connectivity index (χ2v) is 6.82. The fraction of sp³-hybridized carbons (Fsp3) is 0.632. The summed E-state index contributed by atoms with van der Waals surface area (Å²) in [5.74, 6) is 0.228. The van der Waals surface area contributed by atoms with E-state index in [-0.39, 0.29) is 11.9 Å². The summed E-state index contributed by atoms with van der Waals surface area (Å²) in [7, 11) is 5.99. The molecular formula is C19H30N2O. The first kappa shape index (κ1) is 17.0. The number of carbonyl (C=O) groups is 1. The van der Waals surface area contributed by atoms with Gasteiger partial charge in [-0.25, -0.2) is 0 Å². The van der Waals surface area contributed by atoms with Crippen LogP contribution < -0.4 is 0 Å². The van der Waals surface area contributed by atoms with Gasteiger partial charge in [0, 0.05) is 13.1 Å². The van der Waals surface area contributed by atoms with E-state index in [1.54, 1.807) is 0 Å². The van der Waals surface area contributed by atoms with Gasteiger partial charge >= 0.3 is 0 Å². The minimum Gasteiger partial charge on any atom is -0.341 e. The largest absolute Gasteiger partial charge is 0.341 e. The second kappa shape index (κ2) is 7.77. The third-order valence-corrected chi connectivity index (χ3v) is 4.95. The van der Waals surface area contributed by atoms with Gasteiger partial charge in [0.25, 0.3) is 0 Å². The van der Waals surface area contributed by atoms with Gasteiger partial charge in [0.05, 0.1) is 0 Å². The average Bonchev–Trinajstić information content (AvgIpc) is 2.77. The van der Waals surface area contributed by atoms with Crippen molar-refractivity contribution in [1.82, 2.24) is 9.80 Å². The highest BCUT2D eigenvalue weighted by Gasteiger charge is 2.30. The number of amides is 1. The lowest BCUT2D eigenvalue weighted by Crippen LogP contribution is -2.43. The minimum atomic E-state index is -0.186. The van der Waals surface area contributed by atoms with Crippen molar-refractivity contribution in [3.05, 3.63) is 35.4 Å². The molecule has 0 saturated heterocycles. The zero-order valence-corrected chi connectivity index (χ0v) is 14.5. The number of likely N-dealkylation sites (N-methyl/N-ethyl adjacent to an activating group) is 2. The van der Waals surface area contributed by atoms with Crippen molar-refractivity contribution in [3.63, 3.8) is 0 Å². The van der Waals surface area contributed by atoms with Gasteiger partial charge in [-0.15, -0.1) is 0 Å². The summed E-state index contributed by atoms with van der Waals surface area (Å²) < 4.78 is 0. The zero-order chi connectivity index (χ0) is 16.1. The SMILES string of the molecule is Cc1ccccc1C(C(=O)N(C)C1CCCCCC1)N(C)C. The predicted molar refractivity (Wildman–Crippen MR) is 91.9 cm³/mol. The van der Waals surface area contributed by atoms with Crippen molar-refractivity contribution in [2.45, 2.75) is 57.5 Å². The van der Waals surface area contributed by atoms with E-state index >= 15 is 0 Å². The van der Waals surface area contributed by atoms with E-state index in [9.17, 15) is 4.79 Å². The van der Waals surface area contributed by atoms with Crippen molar-refractivity contribution in [3.8, 4) is 0 Å². The molecule has 0 aromatic heterocycles. The fourth-order valence-electron chi connectivity index (χ4n) is 3.54. The quantitative estimate of drug-likeness (QED) is 0.790. The number of carbonyl (C=O) groups excluding carboxylic acids is 1. The summed E-state index contributed by atoms with van der Waals surface area (Å²) in [6, 6.07) is 8.45. The number of rotatable bonds is 4. The first-order valence-electron chi connectivity index (χ1n) is 8.51. The molecule has 0 heterocycles. The lowest BCUT2D eigenvalue weighted by Gasteiger charge is -2.34. The van der Waals surface area contributed by atoms with Gasteiger partial charge in [-0.3, -0.25) is 9.69 Å². The molecule has 122 valence electrons. The van der Waals surface area contributed by atoms with Gasteiger partial charge in [-0.05, 0) is 45.0 Å². The highest BCUT2D eigenvalue weighted by Crippen LogP contribution is 2.27. The molecule has 0 bridgehead atoms. The van der Waals surface area contributed by atoms with E-state index in [0.29, 0.717) is 6.04 Å². The Kier molecular flexibility index (Phi) is 6.01. The molecular weight excluding hydrogens is 272 g/mol. The summed E-state index contributed by atoms with van der Waals surface area (Å²) >= 11 is 0. The van der Waals surface area contributed by atoms with E-state index in [2.05, 4.69) is 19.1 Å². The first-order chi connectivity index (χ1) is 10.5. The van der Waals surface area contributed by atoms with E-state index in [1.807, 2.05) is 43.1 Å². The van der Waals surface area contributed by atoms with E-state index in [4.69, 9.17) is 0 Å². The van der Waals surface area contributed by atoms with Gasteiger partial charge < -0.3 is 4.90 Å². The summed E-state index contributed by atoms with van der Waals surface area (Å²) in [4.78, 5) is 17.2. The van der Waals surface area contributed by atoms with Crippen LogP contribution in [0.15, 0.2) is 24.3 Å². The molecule has 1 aromatic rings. The smallest absolute Gasteiger partial charge is 0.244 e. The van der Waals surface area contributed by atoms with Crippen LogP contribution in [0.25, 0.3) is 0 Å². The van der Waals surface area contributed by atoms with Gasteiger partial charge in [-0.2, -0.15) is 0 Å². The van der Waals surface area contributed by atoms with Crippen LogP contribution in [0.5, 0.6) is 0 Å². The molecule has 0 N–H and O–H groups in total. The Morgan fingerprint density at radius 3 is 2.18 bits per heavy atom. The van der Waals surface area contributed by atoms with Crippen LogP contribution in [-0.4, -0.2) is 42.9 Å². The molecule has 0 aliphatic heterocycles. The maximum atomic E-state index is 13.1. The Morgan fingerprint density at radius 1 is 1.05 bits per heavy atom. The third kappa shape index (κ3) is 3.89. The van der Waals surface area contributed by atoms with Gasteiger partial charge in [0.15, 0.2) is 0 Å². The number of benzene rings is 1. The van der Waals surface area contributed by atoms with E-state index in [0.717, 1.165) is 18.4 Å². The molecule has 3 heteroatoms. The predicted octanol–water partition coefficient (Wildman–Crippen LogP) is 3.78. The lowest BCUT2D eigenvalue weighted by atomic mass is 9.98. The normalized spacial score (nSPS) is 18.0. The molecule has 1 aliphatic carbocycles. The molecule has 1 aliphatic rings. The van der Waals surface area contributed by atoms with Crippen LogP contribution in [-0.2, 0) is 4.79 Å². The van der Waals surface area contributed by atoms with Crippen molar-refractivity contribution in [1.29, 1.82) is 0 Å². The Bertz CT molecular complexity index is 490. The van der Waals surface area contributed by atoms with Crippen molar-refractivity contribution in [2.75, 3.05) is 21.1 Å². The van der Waals surface area contributed by atoms with E-state index < -0.39 is 0 Å². The molecule has 1 atom stereocenters. The Morgan fingerprint density at radius 2 is 1.64 bits per heavy atom. The van der Waals surface area contributed by atoms with Crippen LogP contribution in [0, 0.1) is 6.92 Å². The Balaban J connectivity index is 2.21. The van der Waals surface area contributed by atoms with Crippen LogP contribution >= 0.6 is 0 Å². The Hall–Kier alpha value is -1.35. The second-order valence-electron chi connectivity index (χ2n) is 6.82. The van der Waals surface area contributed by atoms with Gasteiger partial charge in [0.1, 0.15) is 6.04 Å². The fourth-order valence-corrected chi connectivity index (χ4v) is 3.54. The van der Waals surface area contributed by atoms with Crippen molar-refractivity contribution < 1.29 is 4.79 Å². The van der Waals surface area contributed by atoms with Gasteiger partial charge in [0.2, 0.25) is 5.91 Å². The number of nitrogens with zero attached hydrogens (tertiary/aromatic N) is 2. The first-order valence-corrected chi connectivity index (χ1v) is 8.51. The van der Waals surface area contributed by atoms with Crippen LogP contribution in [0.1, 0.15) is 55.7 Å². The molecule has 0 radical (unpaired) electrons. The Labute approximate surface area is 135 Å². The van der Waals surface area contributed by atoms with Crippen LogP contribution in [0.4, 0.5) is 0 Å². The maximum absolute atomic E-state index is 13.1. The van der Waals surface area contributed by atoms with Crippen molar-refractivity contribution >= 4 is 5.91 Å². The molecule has 2 rings (SSSR count). The topological polar surface area (TPSA) is 23.6 Å². The monoisotopic (exact) mass is 302 g/mol. The van der Waals surface area contributed by atoms with E-state index in [1.165, 1.54) is 31.2 Å². The zero-order valence-electron chi connectivity index (χ0n) is 14.5. The number of aryl methyl sites for hydroxylation is 1. The summed E-state index contributed by atoms with van der Waals surface area (Å²) in [6.45, 7) is 2.09. The minimum absolute atomic E-state index is 0.186. The molecule has 1 unspecified atom stereocenters. The highest BCUT2D eigenvalue weighted by molar-refractivity contribution is 5.83. The van der Waals surface area contributed by atoms with Crippen LogP contribution in [0.3, 0.4) is 0 Å². The van der Waals surface area contributed by atoms with Gasteiger partial charge in [-0.1, -0.05) is 49.9 Å². The third-order valence-electron chi connectivity index (χ3n) is 4.95. The molecule has 3 nitrogen and oxygen atoms in total. The summed E-state index contributed by atoms with van der Waals surface area (Å²) in [6.07, 6.45) is 7.42. The maximum Gasteiger partial charge on any atom is 0.244 e. The lowest BCUT2D eigenvalue weighted by molar-refractivity contribution is -0.137. The average molecular weight is 302 g/mol. The van der Waals surface area contributed by atoms with Crippen molar-refractivity contribution in [2.24, 2.45) is 0 Å². The number of hydrogen-bond acceptors (Lipinski definition) is 2. The van der Waals surface area contributed by atoms with Crippen LogP contribution in [0.2, 0.25) is 0 Å². The highest BCUT2D eigenvalue weighted by atomic mass is 16.2.